The maximum absolute atomic E-state index is 10.1. The van der Waals surface area contributed by atoms with Crippen molar-refractivity contribution in [2.75, 3.05) is 13.1 Å². The minimum Gasteiger partial charge on any atom is -0.392 e. The molecule has 1 saturated heterocycles. The number of pyridine rings is 1. The van der Waals surface area contributed by atoms with Gasteiger partial charge in [-0.2, -0.15) is 0 Å². The van der Waals surface area contributed by atoms with Gasteiger partial charge < -0.3 is 10.4 Å². The van der Waals surface area contributed by atoms with E-state index >= 15 is 0 Å². The van der Waals surface area contributed by atoms with Gasteiger partial charge in [0.1, 0.15) is 0 Å². The number of nitrogens with zero attached hydrogens (tertiary/aromatic N) is 1. The number of nitrogens with one attached hydrogen (secondary N) is 1. The lowest BCUT2D eigenvalue weighted by Gasteiger charge is -2.27. The van der Waals surface area contributed by atoms with Crippen LogP contribution in [-0.4, -0.2) is 29.3 Å². The zero-order chi connectivity index (χ0) is 11.4. The average molecular weight is 241 g/mol. The van der Waals surface area contributed by atoms with Crippen LogP contribution in [0.4, 0.5) is 0 Å². The average Bonchev–Trinajstić information content (AvgIpc) is 2.33. The standard InChI is InChI=1S/C12H17ClN2O/c13-11-8-15-5-3-9(11)6-12(16)10-2-1-4-14-7-10/h3,5,8,10,12,14,16H,1-2,4,6-7H2. The van der Waals surface area contributed by atoms with Crippen molar-refractivity contribution in [3.05, 3.63) is 29.0 Å². The second-order valence-corrected chi connectivity index (χ2v) is 4.75. The van der Waals surface area contributed by atoms with E-state index in [1.165, 1.54) is 0 Å². The SMILES string of the molecule is OC(Cc1ccncc1Cl)C1CCCNC1. The number of aromatic nitrogens is 1. The van der Waals surface area contributed by atoms with Gasteiger partial charge in [0.15, 0.2) is 0 Å². The van der Waals surface area contributed by atoms with Crippen LogP contribution in [0, 0.1) is 5.92 Å². The Morgan fingerprint density at radius 3 is 3.19 bits per heavy atom. The smallest absolute Gasteiger partial charge is 0.0622 e. The van der Waals surface area contributed by atoms with E-state index in [4.69, 9.17) is 11.6 Å². The van der Waals surface area contributed by atoms with Gasteiger partial charge in [-0.15, -0.1) is 0 Å². The molecule has 1 aliphatic rings. The Hall–Kier alpha value is -0.640. The first-order valence-corrected chi connectivity index (χ1v) is 6.12. The van der Waals surface area contributed by atoms with Crippen molar-refractivity contribution in [1.29, 1.82) is 0 Å². The zero-order valence-electron chi connectivity index (χ0n) is 9.19. The van der Waals surface area contributed by atoms with Crippen LogP contribution in [0.3, 0.4) is 0 Å². The van der Waals surface area contributed by atoms with E-state index in [-0.39, 0.29) is 6.10 Å². The third kappa shape index (κ3) is 2.94. The normalized spacial score (nSPS) is 23.0. The molecule has 1 aromatic rings. The fourth-order valence-corrected chi connectivity index (χ4v) is 2.37. The number of halogens is 1. The number of aliphatic hydroxyl groups is 1. The summed E-state index contributed by atoms with van der Waals surface area (Å²) in [6.45, 7) is 1.98. The predicted molar refractivity (Wildman–Crippen MR) is 64.6 cm³/mol. The van der Waals surface area contributed by atoms with E-state index in [1.54, 1.807) is 12.4 Å². The number of piperidine rings is 1. The van der Waals surface area contributed by atoms with Gasteiger partial charge in [-0.3, -0.25) is 4.98 Å². The number of hydrogen-bond donors (Lipinski definition) is 2. The molecule has 1 fully saturated rings. The Bertz CT molecular complexity index is 340. The molecule has 88 valence electrons. The quantitative estimate of drug-likeness (QED) is 0.844. The van der Waals surface area contributed by atoms with Gasteiger partial charge in [0.25, 0.3) is 0 Å². The van der Waals surface area contributed by atoms with Crippen molar-refractivity contribution in [2.45, 2.75) is 25.4 Å². The molecule has 1 aromatic heterocycles. The molecule has 0 spiro atoms. The van der Waals surface area contributed by atoms with Crippen LogP contribution in [0.15, 0.2) is 18.5 Å². The lowest BCUT2D eigenvalue weighted by atomic mass is 9.90. The number of rotatable bonds is 3. The fraction of sp³-hybridized carbons (Fsp3) is 0.583. The summed E-state index contributed by atoms with van der Waals surface area (Å²) in [6.07, 6.45) is 5.89. The third-order valence-corrected chi connectivity index (χ3v) is 3.50. The molecule has 1 aliphatic heterocycles. The number of aliphatic hydroxyl groups excluding tert-OH is 1. The summed E-state index contributed by atoms with van der Waals surface area (Å²) in [5.74, 6) is 0.345. The molecule has 2 heterocycles. The minimum atomic E-state index is -0.312. The van der Waals surface area contributed by atoms with Crippen molar-refractivity contribution in [3.8, 4) is 0 Å². The van der Waals surface area contributed by atoms with Crippen LogP contribution in [0.2, 0.25) is 5.02 Å². The van der Waals surface area contributed by atoms with Crippen LogP contribution >= 0.6 is 11.6 Å². The molecule has 3 nitrogen and oxygen atoms in total. The molecular weight excluding hydrogens is 224 g/mol. The van der Waals surface area contributed by atoms with E-state index in [9.17, 15) is 5.11 Å². The van der Waals surface area contributed by atoms with Crippen molar-refractivity contribution < 1.29 is 5.11 Å². The van der Waals surface area contributed by atoms with Crippen LogP contribution in [-0.2, 0) is 6.42 Å². The molecule has 4 heteroatoms. The summed E-state index contributed by atoms with van der Waals surface area (Å²) in [5.41, 5.74) is 0.981. The van der Waals surface area contributed by atoms with Gasteiger partial charge >= 0.3 is 0 Å². The summed E-state index contributed by atoms with van der Waals surface area (Å²) < 4.78 is 0. The Morgan fingerprint density at radius 2 is 2.50 bits per heavy atom. The number of hydrogen-bond acceptors (Lipinski definition) is 3. The van der Waals surface area contributed by atoms with Gasteiger partial charge in [0.2, 0.25) is 0 Å². The Balaban J connectivity index is 1.96. The van der Waals surface area contributed by atoms with E-state index in [0.29, 0.717) is 17.4 Å². The van der Waals surface area contributed by atoms with E-state index in [0.717, 1.165) is 31.5 Å². The van der Waals surface area contributed by atoms with Crippen molar-refractivity contribution in [1.82, 2.24) is 10.3 Å². The molecule has 2 N–H and O–H groups in total. The summed E-state index contributed by atoms with van der Waals surface area (Å²) in [5, 5.41) is 14.1. The van der Waals surface area contributed by atoms with E-state index < -0.39 is 0 Å². The first-order chi connectivity index (χ1) is 7.77. The molecule has 0 aromatic carbocycles. The van der Waals surface area contributed by atoms with Gasteiger partial charge in [-0.05, 0) is 36.9 Å². The molecule has 0 radical (unpaired) electrons. The van der Waals surface area contributed by atoms with Crippen molar-refractivity contribution in [2.24, 2.45) is 5.92 Å². The highest BCUT2D eigenvalue weighted by molar-refractivity contribution is 6.31. The Kier molecular flexibility index (Phi) is 4.16. The second-order valence-electron chi connectivity index (χ2n) is 4.34. The molecule has 16 heavy (non-hydrogen) atoms. The van der Waals surface area contributed by atoms with Gasteiger partial charge in [0, 0.05) is 25.4 Å². The van der Waals surface area contributed by atoms with Crippen molar-refractivity contribution >= 4 is 11.6 Å². The highest BCUT2D eigenvalue weighted by Gasteiger charge is 2.22. The maximum atomic E-state index is 10.1. The molecule has 2 atom stereocenters. The Morgan fingerprint density at radius 1 is 1.62 bits per heavy atom. The fourth-order valence-electron chi connectivity index (χ4n) is 2.17. The molecule has 0 aliphatic carbocycles. The summed E-state index contributed by atoms with van der Waals surface area (Å²) in [7, 11) is 0. The molecule has 0 saturated carbocycles. The highest BCUT2D eigenvalue weighted by atomic mass is 35.5. The maximum Gasteiger partial charge on any atom is 0.0622 e. The molecular formula is C12H17ClN2O. The van der Waals surface area contributed by atoms with Gasteiger partial charge in [-0.1, -0.05) is 11.6 Å². The Labute approximate surface area is 101 Å². The highest BCUT2D eigenvalue weighted by Crippen LogP contribution is 2.21. The lowest BCUT2D eigenvalue weighted by Crippen LogP contribution is -2.37. The van der Waals surface area contributed by atoms with Crippen LogP contribution in [0.25, 0.3) is 0 Å². The second kappa shape index (κ2) is 5.62. The topological polar surface area (TPSA) is 45.2 Å². The largest absolute Gasteiger partial charge is 0.392 e. The molecule has 0 amide bonds. The minimum absolute atomic E-state index is 0.312. The monoisotopic (exact) mass is 240 g/mol. The van der Waals surface area contributed by atoms with Crippen LogP contribution in [0.5, 0.6) is 0 Å². The van der Waals surface area contributed by atoms with Gasteiger partial charge in [0.05, 0.1) is 11.1 Å². The predicted octanol–water partition coefficient (Wildman–Crippen LogP) is 1.64. The van der Waals surface area contributed by atoms with Crippen molar-refractivity contribution in [3.63, 3.8) is 0 Å². The summed E-state index contributed by atoms with van der Waals surface area (Å²) in [4.78, 5) is 3.94. The van der Waals surface area contributed by atoms with Crippen LogP contribution < -0.4 is 5.32 Å². The third-order valence-electron chi connectivity index (χ3n) is 3.16. The summed E-state index contributed by atoms with van der Waals surface area (Å²) in [6, 6.07) is 1.88. The zero-order valence-corrected chi connectivity index (χ0v) is 9.95. The van der Waals surface area contributed by atoms with E-state index in [1.807, 2.05) is 6.07 Å². The molecule has 2 rings (SSSR count). The van der Waals surface area contributed by atoms with E-state index in [2.05, 4.69) is 10.3 Å². The first kappa shape index (κ1) is 11.8. The summed E-state index contributed by atoms with van der Waals surface area (Å²) >= 11 is 6.02. The van der Waals surface area contributed by atoms with Gasteiger partial charge in [-0.25, -0.2) is 0 Å². The molecule has 0 bridgehead atoms. The molecule has 2 unspecified atom stereocenters. The lowest BCUT2D eigenvalue weighted by molar-refractivity contribution is 0.0922. The first-order valence-electron chi connectivity index (χ1n) is 5.74. The van der Waals surface area contributed by atoms with Crippen LogP contribution in [0.1, 0.15) is 18.4 Å².